The molecular formula is C24H25Cl2N7. The Bertz CT molecular complexity index is 1260. The normalized spacial score (nSPS) is 16.9. The first-order valence-electron chi connectivity index (χ1n) is 11.2. The van der Waals surface area contributed by atoms with E-state index in [0.717, 1.165) is 60.8 Å². The summed E-state index contributed by atoms with van der Waals surface area (Å²) in [5, 5.41) is 13.3. The number of benzene rings is 1. The molecule has 0 bridgehead atoms. The molecule has 1 N–H and O–H groups in total. The standard InChI is InChI=1S/C24H25Cl2N7/c1-2-11-32-12-3-4-18(14-32)29-24-30-22(16-7-9-27-10-8-16)21(23-31-28-15-33(23)24)17-5-6-19(25)20(26)13-17/h5-10,13,15,18H,2-4,11-12,14H2,1H3,(H,29,30). The number of halogens is 2. The van der Waals surface area contributed by atoms with Crippen LogP contribution in [-0.4, -0.2) is 55.1 Å². The second-order valence-electron chi connectivity index (χ2n) is 8.33. The smallest absolute Gasteiger partial charge is 0.210 e. The van der Waals surface area contributed by atoms with Crippen LogP contribution in [0.15, 0.2) is 49.1 Å². The van der Waals surface area contributed by atoms with Crippen LogP contribution >= 0.6 is 23.2 Å². The number of hydrogen-bond acceptors (Lipinski definition) is 6. The number of nitrogens with one attached hydrogen (secondary N) is 1. The predicted octanol–water partition coefficient (Wildman–Crippen LogP) is 5.45. The number of fused-ring (bicyclic) bond motifs is 1. The van der Waals surface area contributed by atoms with Gasteiger partial charge in [-0.3, -0.25) is 9.38 Å². The van der Waals surface area contributed by atoms with Gasteiger partial charge in [0.05, 0.1) is 21.3 Å². The zero-order valence-corrected chi connectivity index (χ0v) is 19.9. The van der Waals surface area contributed by atoms with Crippen molar-refractivity contribution in [2.24, 2.45) is 0 Å². The summed E-state index contributed by atoms with van der Waals surface area (Å²) in [6, 6.07) is 9.77. The molecule has 0 aliphatic carbocycles. The van der Waals surface area contributed by atoms with Crippen molar-refractivity contribution in [2.45, 2.75) is 32.2 Å². The van der Waals surface area contributed by atoms with Crippen molar-refractivity contribution >= 4 is 34.8 Å². The fourth-order valence-corrected chi connectivity index (χ4v) is 4.79. The molecule has 1 aromatic carbocycles. The summed E-state index contributed by atoms with van der Waals surface area (Å²) in [4.78, 5) is 11.8. The topological polar surface area (TPSA) is 71.2 Å². The van der Waals surface area contributed by atoms with Crippen molar-refractivity contribution in [2.75, 3.05) is 25.0 Å². The van der Waals surface area contributed by atoms with E-state index in [1.807, 2.05) is 28.7 Å². The molecule has 33 heavy (non-hydrogen) atoms. The van der Waals surface area contributed by atoms with E-state index in [0.29, 0.717) is 21.7 Å². The lowest BCUT2D eigenvalue weighted by molar-refractivity contribution is 0.216. The number of rotatable bonds is 6. The van der Waals surface area contributed by atoms with Crippen LogP contribution in [0.5, 0.6) is 0 Å². The molecule has 3 aromatic heterocycles. The van der Waals surface area contributed by atoms with Gasteiger partial charge in [-0.05, 0) is 62.2 Å². The lowest BCUT2D eigenvalue weighted by atomic mass is 10.0. The molecule has 9 heteroatoms. The first kappa shape index (κ1) is 22.1. The number of likely N-dealkylation sites (tertiary alicyclic amines) is 1. The summed E-state index contributed by atoms with van der Waals surface area (Å²) in [6.07, 6.45) is 8.66. The van der Waals surface area contributed by atoms with Gasteiger partial charge in [0.15, 0.2) is 5.65 Å². The average molecular weight is 482 g/mol. The van der Waals surface area contributed by atoms with E-state index >= 15 is 0 Å². The van der Waals surface area contributed by atoms with Crippen LogP contribution in [0, 0.1) is 0 Å². The van der Waals surface area contributed by atoms with Crippen LogP contribution in [0.3, 0.4) is 0 Å². The fraction of sp³-hybridized carbons (Fsp3) is 0.333. The number of hydrogen-bond donors (Lipinski definition) is 1. The van der Waals surface area contributed by atoms with Gasteiger partial charge in [-0.2, -0.15) is 0 Å². The highest BCUT2D eigenvalue weighted by Gasteiger charge is 2.24. The lowest BCUT2D eigenvalue weighted by Crippen LogP contribution is -2.42. The molecule has 0 spiro atoms. The zero-order valence-electron chi connectivity index (χ0n) is 18.4. The van der Waals surface area contributed by atoms with E-state index in [2.05, 4.69) is 32.3 Å². The van der Waals surface area contributed by atoms with Gasteiger partial charge in [0, 0.05) is 30.5 Å². The minimum absolute atomic E-state index is 0.310. The molecule has 1 atom stereocenters. The first-order valence-corrected chi connectivity index (χ1v) is 12.0. The van der Waals surface area contributed by atoms with Gasteiger partial charge in [0.25, 0.3) is 0 Å². The van der Waals surface area contributed by atoms with Gasteiger partial charge in [-0.15, -0.1) is 10.2 Å². The van der Waals surface area contributed by atoms with Crippen molar-refractivity contribution < 1.29 is 0 Å². The second-order valence-corrected chi connectivity index (χ2v) is 9.15. The molecule has 170 valence electrons. The SMILES string of the molecule is CCCN1CCCC(Nc2nc(-c3ccncc3)c(-c3ccc(Cl)c(Cl)c3)c3nncn23)C1. The van der Waals surface area contributed by atoms with Gasteiger partial charge >= 0.3 is 0 Å². The Morgan fingerprint density at radius 3 is 2.73 bits per heavy atom. The quantitative estimate of drug-likeness (QED) is 0.394. The Kier molecular flexibility index (Phi) is 6.44. The molecule has 1 unspecified atom stereocenters. The van der Waals surface area contributed by atoms with E-state index < -0.39 is 0 Å². The number of aromatic nitrogens is 5. The molecule has 1 saturated heterocycles. The van der Waals surface area contributed by atoms with Crippen LogP contribution in [0.25, 0.3) is 28.0 Å². The Hall–Kier alpha value is -2.74. The third kappa shape index (κ3) is 4.53. The Morgan fingerprint density at radius 2 is 1.94 bits per heavy atom. The van der Waals surface area contributed by atoms with Gasteiger partial charge in [0.2, 0.25) is 5.95 Å². The molecule has 7 nitrogen and oxygen atoms in total. The highest BCUT2D eigenvalue weighted by atomic mass is 35.5. The van der Waals surface area contributed by atoms with Crippen molar-refractivity contribution in [3.05, 3.63) is 59.1 Å². The highest BCUT2D eigenvalue weighted by molar-refractivity contribution is 6.42. The maximum Gasteiger partial charge on any atom is 0.210 e. The Balaban J connectivity index is 1.63. The number of pyridine rings is 1. The summed E-state index contributed by atoms with van der Waals surface area (Å²) in [6.45, 7) is 5.49. The lowest BCUT2D eigenvalue weighted by Gasteiger charge is -2.33. The molecule has 4 aromatic rings. The van der Waals surface area contributed by atoms with Crippen LogP contribution in [-0.2, 0) is 0 Å². The zero-order chi connectivity index (χ0) is 22.8. The Labute approximate surface area is 202 Å². The largest absolute Gasteiger partial charge is 0.351 e. The van der Waals surface area contributed by atoms with Gasteiger partial charge in [0.1, 0.15) is 6.33 Å². The van der Waals surface area contributed by atoms with Crippen molar-refractivity contribution in [1.29, 1.82) is 0 Å². The highest BCUT2D eigenvalue weighted by Crippen LogP contribution is 2.37. The molecule has 1 aliphatic heterocycles. The third-order valence-electron chi connectivity index (χ3n) is 5.99. The molecular weight excluding hydrogens is 457 g/mol. The van der Waals surface area contributed by atoms with E-state index in [1.165, 1.54) is 6.42 Å². The molecule has 1 aliphatic rings. The molecule has 5 rings (SSSR count). The molecule has 0 amide bonds. The maximum absolute atomic E-state index is 6.36. The summed E-state index contributed by atoms with van der Waals surface area (Å²) >= 11 is 12.6. The van der Waals surface area contributed by atoms with Gasteiger partial charge in [-0.1, -0.05) is 36.2 Å². The van der Waals surface area contributed by atoms with Crippen molar-refractivity contribution in [1.82, 2.24) is 29.5 Å². The molecule has 1 fully saturated rings. The van der Waals surface area contributed by atoms with E-state index in [9.17, 15) is 0 Å². The molecule has 4 heterocycles. The number of piperidine rings is 1. The van der Waals surface area contributed by atoms with E-state index in [-0.39, 0.29) is 0 Å². The number of nitrogens with zero attached hydrogens (tertiary/aromatic N) is 6. The monoisotopic (exact) mass is 481 g/mol. The second kappa shape index (κ2) is 9.63. The maximum atomic E-state index is 6.36. The van der Waals surface area contributed by atoms with E-state index in [1.54, 1.807) is 24.8 Å². The Morgan fingerprint density at radius 1 is 1.09 bits per heavy atom. The molecule has 0 saturated carbocycles. The van der Waals surface area contributed by atoms with E-state index in [4.69, 9.17) is 28.2 Å². The fourth-order valence-electron chi connectivity index (χ4n) is 4.50. The predicted molar refractivity (Wildman–Crippen MR) is 133 cm³/mol. The first-order chi connectivity index (χ1) is 16.1. The summed E-state index contributed by atoms with van der Waals surface area (Å²) in [7, 11) is 0. The minimum Gasteiger partial charge on any atom is -0.351 e. The summed E-state index contributed by atoms with van der Waals surface area (Å²) in [5.41, 5.74) is 4.16. The summed E-state index contributed by atoms with van der Waals surface area (Å²) in [5.74, 6) is 0.731. The average Bonchev–Trinajstić information content (AvgIpc) is 3.32. The summed E-state index contributed by atoms with van der Waals surface area (Å²) < 4.78 is 1.92. The third-order valence-corrected chi connectivity index (χ3v) is 6.73. The van der Waals surface area contributed by atoms with Crippen LogP contribution in [0.1, 0.15) is 26.2 Å². The van der Waals surface area contributed by atoms with Crippen LogP contribution < -0.4 is 5.32 Å². The van der Waals surface area contributed by atoms with Crippen molar-refractivity contribution in [3.8, 4) is 22.4 Å². The van der Waals surface area contributed by atoms with Crippen LogP contribution in [0.2, 0.25) is 10.0 Å². The molecule has 0 radical (unpaired) electrons. The number of anilines is 1. The van der Waals surface area contributed by atoms with Gasteiger partial charge < -0.3 is 10.2 Å². The van der Waals surface area contributed by atoms with Crippen molar-refractivity contribution in [3.63, 3.8) is 0 Å². The minimum atomic E-state index is 0.310. The van der Waals surface area contributed by atoms with Crippen LogP contribution in [0.4, 0.5) is 5.95 Å². The van der Waals surface area contributed by atoms with Gasteiger partial charge in [-0.25, -0.2) is 4.98 Å².